The fraction of sp³-hybridized carbons (Fsp3) is 1.00. The summed E-state index contributed by atoms with van der Waals surface area (Å²) in [5.74, 6) is -4.43. The smallest absolute Gasteiger partial charge is 0.227 e. The van der Waals surface area contributed by atoms with Crippen molar-refractivity contribution in [2.24, 2.45) is 5.41 Å². The molecule has 0 aromatic rings. The summed E-state index contributed by atoms with van der Waals surface area (Å²) in [5.41, 5.74) is -14.2. The number of alkyl halides is 12. The van der Waals surface area contributed by atoms with Gasteiger partial charge in [-0.2, -0.15) is 52.7 Å². The van der Waals surface area contributed by atoms with Crippen LogP contribution in [-0.2, 0) is 29.5 Å². The molecule has 0 heterocycles. The van der Waals surface area contributed by atoms with Crippen molar-refractivity contribution < 1.29 is 77.9 Å². The lowest BCUT2D eigenvalue weighted by Gasteiger charge is -2.38. The van der Waals surface area contributed by atoms with Crippen molar-refractivity contribution in [1.29, 1.82) is 0 Å². The molecule has 0 aliphatic carbocycles. The van der Waals surface area contributed by atoms with Gasteiger partial charge in [-0.05, 0) is 0 Å². The fourth-order valence-electron chi connectivity index (χ4n) is 1.90. The molecule has 0 N–H and O–H groups in total. The first-order valence-electron chi connectivity index (χ1n) is 5.98. The van der Waals surface area contributed by atoms with Crippen molar-refractivity contribution >= 4 is 29.5 Å². The standard InChI is InChI=1S/C8H6F12O6S3/c1-27(21,22)3(29(25,26)8(18,19)20)28(23,24)2-4(5(9,10)11,6(12,13)14)7(15,16)17/h3H,2H2,1H3. The highest BCUT2D eigenvalue weighted by Crippen LogP contribution is 2.60. The Hall–Kier alpha value is -0.990. The highest BCUT2D eigenvalue weighted by Gasteiger charge is 2.85. The summed E-state index contributed by atoms with van der Waals surface area (Å²) in [6, 6.07) is 0. The fourth-order valence-corrected chi connectivity index (χ4v) is 9.92. The van der Waals surface area contributed by atoms with Crippen LogP contribution in [0.3, 0.4) is 0 Å². The molecule has 0 saturated heterocycles. The second-order valence-electron chi connectivity index (χ2n) is 5.31. The maximum Gasteiger partial charge on any atom is 0.499 e. The van der Waals surface area contributed by atoms with E-state index in [0.29, 0.717) is 0 Å². The van der Waals surface area contributed by atoms with Gasteiger partial charge in [-0.15, -0.1) is 0 Å². The first-order chi connectivity index (χ1) is 12.1. The van der Waals surface area contributed by atoms with Crippen LogP contribution < -0.4 is 0 Å². The molecule has 0 amide bonds. The zero-order valence-electron chi connectivity index (χ0n) is 13.0. The Bertz CT molecular complexity index is 896. The van der Waals surface area contributed by atoms with Crippen LogP contribution in [-0.4, -0.2) is 65.2 Å². The lowest BCUT2D eigenvalue weighted by molar-refractivity contribution is -0.418. The molecule has 0 radical (unpaired) electrons. The molecule has 0 aliphatic rings. The molecule has 0 spiro atoms. The molecular formula is C8H6F12O6S3. The number of hydrogen-bond donors (Lipinski definition) is 0. The van der Waals surface area contributed by atoms with E-state index in [0.717, 1.165) is 0 Å². The minimum atomic E-state index is -7.64. The van der Waals surface area contributed by atoms with E-state index in [1.165, 1.54) is 0 Å². The molecule has 0 aromatic heterocycles. The van der Waals surface area contributed by atoms with E-state index in [2.05, 4.69) is 0 Å². The predicted octanol–water partition coefficient (Wildman–Crippen LogP) is 2.34. The number of rotatable bonds is 5. The monoisotopic (exact) mass is 522 g/mol. The van der Waals surface area contributed by atoms with Crippen LogP contribution in [0.25, 0.3) is 0 Å². The van der Waals surface area contributed by atoms with Crippen LogP contribution in [0.1, 0.15) is 0 Å². The number of sulfone groups is 3. The highest BCUT2D eigenvalue weighted by atomic mass is 32.3. The lowest BCUT2D eigenvalue weighted by Crippen LogP contribution is -2.64. The van der Waals surface area contributed by atoms with E-state index >= 15 is 0 Å². The van der Waals surface area contributed by atoms with Crippen molar-refractivity contribution in [3.63, 3.8) is 0 Å². The van der Waals surface area contributed by atoms with Crippen LogP contribution in [0.2, 0.25) is 0 Å². The van der Waals surface area contributed by atoms with Gasteiger partial charge >= 0.3 is 24.0 Å². The van der Waals surface area contributed by atoms with Gasteiger partial charge in [-0.1, -0.05) is 0 Å². The topological polar surface area (TPSA) is 102 Å². The van der Waals surface area contributed by atoms with E-state index in [1.807, 2.05) is 0 Å². The SMILES string of the molecule is CS(=O)(=O)C(S(=O)(=O)CC(C(F)(F)F)(C(F)(F)F)C(F)(F)F)S(=O)(=O)C(F)(F)F. The van der Waals surface area contributed by atoms with Crippen LogP contribution in [0, 0.1) is 5.41 Å². The molecule has 0 rings (SSSR count). The Morgan fingerprint density at radius 2 is 0.897 bits per heavy atom. The predicted molar refractivity (Wildman–Crippen MR) is 68.0 cm³/mol. The van der Waals surface area contributed by atoms with Crippen molar-refractivity contribution in [3.05, 3.63) is 0 Å². The van der Waals surface area contributed by atoms with Crippen LogP contribution in [0.5, 0.6) is 0 Å². The Labute approximate surface area is 153 Å². The Morgan fingerprint density at radius 1 is 0.621 bits per heavy atom. The molecule has 176 valence electrons. The minimum Gasteiger partial charge on any atom is -0.227 e. The Morgan fingerprint density at radius 3 is 1.07 bits per heavy atom. The second-order valence-corrected chi connectivity index (χ2v) is 12.5. The normalized spacial score (nSPS) is 17.3. The van der Waals surface area contributed by atoms with Crippen molar-refractivity contribution in [2.75, 3.05) is 12.0 Å². The van der Waals surface area contributed by atoms with Gasteiger partial charge in [0, 0.05) is 6.26 Å². The lowest BCUT2D eigenvalue weighted by atomic mass is 9.88. The summed E-state index contributed by atoms with van der Waals surface area (Å²) in [4.78, 5) is 0. The van der Waals surface area contributed by atoms with Crippen molar-refractivity contribution in [3.8, 4) is 0 Å². The molecule has 0 bridgehead atoms. The van der Waals surface area contributed by atoms with Gasteiger partial charge in [0.2, 0.25) is 0 Å². The van der Waals surface area contributed by atoms with Crippen LogP contribution in [0.4, 0.5) is 52.7 Å². The third-order valence-corrected chi connectivity index (χ3v) is 11.7. The van der Waals surface area contributed by atoms with Gasteiger partial charge in [0.1, 0.15) is 0 Å². The molecule has 0 aromatic carbocycles. The zero-order valence-corrected chi connectivity index (χ0v) is 15.4. The van der Waals surface area contributed by atoms with Gasteiger partial charge in [0.15, 0.2) is 19.7 Å². The summed E-state index contributed by atoms with van der Waals surface area (Å²) >= 11 is 0. The van der Waals surface area contributed by atoms with Crippen molar-refractivity contribution in [2.45, 2.75) is 28.0 Å². The van der Waals surface area contributed by atoms with Gasteiger partial charge in [-0.3, -0.25) is 0 Å². The average Bonchev–Trinajstić information content (AvgIpc) is 2.26. The van der Waals surface area contributed by atoms with E-state index in [9.17, 15) is 77.9 Å². The summed E-state index contributed by atoms with van der Waals surface area (Å²) in [5, 5.41) is 0. The van der Waals surface area contributed by atoms with Gasteiger partial charge in [-0.25, -0.2) is 25.3 Å². The second kappa shape index (κ2) is 7.02. The number of halogens is 12. The maximum absolute atomic E-state index is 12.8. The summed E-state index contributed by atoms with van der Waals surface area (Å²) < 4.78 is 215. The van der Waals surface area contributed by atoms with E-state index < -0.39 is 74.9 Å². The molecule has 1 atom stereocenters. The summed E-state index contributed by atoms with van der Waals surface area (Å²) in [7, 11) is -21.4. The minimum absolute atomic E-state index is 0.658. The average molecular weight is 522 g/mol. The first kappa shape index (κ1) is 28.0. The van der Waals surface area contributed by atoms with Gasteiger partial charge in [0.05, 0.1) is 5.75 Å². The van der Waals surface area contributed by atoms with E-state index in [1.54, 1.807) is 0 Å². The third-order valence-electron chi connectivity index (χ3n) is 3.09. The molecule has 29 heavy (non-hydrogen) atoms. The summed E-state index contributed by atoms with van der Waals surface area (Å²) in [6.45, 7) is 0. The Balaban J connectivity index is 7.31. The van der Waals surface area contributed by atoms with Crippen LogP contribution >= 0.6 is 0 Å². The van der Waals surface area contributed by atoms with Crippen LogP contribution in [0.15, 0.2) is 0 Å². The first-order valence-corrected chi connectivity index (χ1v) is 11.2. The highest BCUT2D eigenvalue weighted by molar-refractivity contribution is 8.24. The molecule has 1 unspecified atom stereocenters. The number of hydrogen-bond acceptors (Lipinski definition) is 6. The maximum atomic E-state index is 12.8. The molecular weight excluding hydrogens is 516 g/mol. The molecule has 6 nitrogen and oxygen atoms in total. The van der Waals surface area contributed by atoms with Gasteiger partial charge < -0.3 is 0 Å². The Kier molecular flexibility index (Phi) is 6.78. The molecule has 0 aliphatic heterocycles. The summed E-state index contributed by atoms with van der Waals surface area (Å²) in [6.07, 6.45) is -23.4. The molecule has 0 fully saturated rings. The van der Waals surface area contributed by atoms with E-state index in [-0.39, 0.29) is 0 Å². The zero-order chi connectivity index (χ0) is 24.3. The van der Waals surface area contributed by atoms with E-state index in [4.69, 9.17) is 0 Å². The van der Waals surface area contributed by atoms with Gasteiger partial charge in [0.25, 0.3) is 19.2 Å². The molecule has 21 heteroatoms. The van der Waals surface area contributed by atoms with Crippen molar-refractivity contribution in [1.82, 2.24) is 0 Å². The largest absolute Gasteiger partial charge is 0.499 e. The molecule has 0 saturated carbocycles. The third kappa shape index (κ3) is 4.85. The quantitative estimate of drug-likeness (QED) is 0.514.